The van der Waals surface area contributed by atoms with Crippen molar-refractivity contribution >= 4 is 35.9 Å². The summed E-state index contributed by atoms with van der Waals surface area (Å²) in [4.78, 5) is 1.84. The molecule has 0 aromatic rings. The summed E-state index contributed by atoms with van der Waals surface area (Å²) in [5.74, 6) is 0. The van der Waals surface area contributed by atoms with Crippen LogP contribution >= 0.6 is 11.6 Å². The normalized spacial score (nSPS) is 8.80. The van der Waals surface area contributed by atoms with Crippen LogP contribution < -0.4 is 0 Å². The van der Waals surface area contributed by atoms with Crippen molar-refractivity contribution in [1.29, 1.82) is 0 Å². The molecule has 26 valence electrons. The molecule has 0 atom stereocenters. The molecule has 0 spiro atoms. The van der Waals surface area contributed by atoms with Crippen LogP contribution in [0.15, 0.2) is 10.7 Å². The maximum absolute atomic E-state index is 4.57. The Hall–Kier alpha value is 0.696. The SMILES string of the molecule is S=[Si]/C=C/[Se]. The maximum atomic E-state index is 4.57. The van der Waals surface area contributed by atoms with Crippen LogP contribution in [0.5, 0.6) is 0 Å². The Labute approximate surface area is 46.8 Å². The number of hydrogen-bond donors (Lipinski definition) is 0. The van der Waals surface area contributed by atoms with E-state index in [2.05, 4.69) is 27.6 Å². The van der Waals surface area contributed by atoms with Crippen molar-refractivity contribution in [3.8, 4) is 0 Å². The zero-order valence-electron chi connectivity index (χ0n) is 2.47. The molecule has 0 unspecified atom stereocenters. The molecule has 2 radical (unpaired) electrons. The van der Waals surface area contributed by atoms with Crippen LogP contribution in [0.2, 0.25) is 0 Å². The summed E-state index contributed by atoms with van der Waals surface area (Å²) in [7, 11) is 0.529. The molecular weight excluding hydrogens is 163 g/mol. The molecule has 0 saturated carbocycles. The average molecular weight is 165 g/mol. The van der Waals surface area contributed by atoms with Gasteiger partial charge in [0.05, 0.1) is 0 Å². The van der Waals surface area contributed by atoms with E-state index >= 15 is 0 Å². The fourth-order valence-electron chi connectivity index (χ4n) is 0.0278. The summed E-state index contributed by atoms with van der Waals surface area (Å²) >= 11 is 7.28. The fourth-order valence-corrected chi connectivity index (χ4v) is 1.30. The first-order chi connectivity index (χ1) is 2.41. The van der Waals surface area contributed by atoms with Crippen molar-refractivity contribution in [2.75, 3.05) is 0 Å². The Bertz CT molecular complexity index is 51.6. The number of hydrogen-bond acceptors (Lipinski definition) is 1. The van der Waals surface area contributed by atoms with E-state index in [0.29, 0.717) is 8.23 Å². The van der Waals surface area contributed by atoms with E-state index in [1.807, 2.05) is 10.7 Å². The summed E-state index contributed by atoms with van der Waals surface area (Å²) in [6.07, 6.45) is 0. The van der Waals surface area contributed by atoms with Crippen LogP contribution in [-0.2, 0) is 0 Å². The van der Waals surface area contributed by atoms with Gasteiger partial charge in [0.2, 0.25) is 0 Å². The van der Waals surface area contributed by atoms with E-state index in [9.17, 15) is 0 Å². The van der Waals surface area contributed by atoms with E-state index in [1.54, 1.807) is 0 Å². The first kappa shape index (κ1) is 5.70. The third kappa shape index (κ3) is 4.70. The summed E-state index contributed by atoms with van der Waals surface area (Å²) in [6, 6.07) is 0. The molecule has 0 rings (SSSR count). The van der Waals surface area contributed by atoms with Crippen LogP contribution in [0.1, 0.15) is 0 Å². The quantitative estimate of drug-likeness (QED) is 0.508. The minimum absolute atomic E-state index is 0.529. The van der Waals surface area contributed by atoms with Crippen LogP contribution in [0.25, 0.3) is 0 Å². The molecule has 0 fully saturated rings. The summed E-state index contributed by atoms with van der Waals surface area (Å²) in [5, 5.41) is 0. The van der Waals surface area contributed by atoms with Crippen LogP contribution in [0.4, 0.5) is 0 Å². The molecular formula is C2H2SSeSi. The average Bonchev–Trinajstić information content (AvgIpc) is 1.41. The Morgan fingerprint density at radius 2 is 2.40 bits per heavy atom. The molecule has 0 heterocycles. The third-order valence-corrected chi connectivity index (χ3v) is 1.67. The zero-order valence-corrected chi connectivity index (χ0v) is 6.00. The predicted octanol–water partition coefficient (Wildman–Crippen LogP) is 0.443. The van der Waals surface area contributed by atoms with Crippen molar-refractivity contribution in [2.45, 2.75) is 0 Å². The Balaban J connectivity index is 2.92. The van der Waals surface area contributed by atoms with Gasteiger partial charge >= 0.3 is 46.5 Å². The van der Waals surface area contributed by atoms with Gasteiger partial charge in [0.25, 0.3) is 0 Å². The van der Waals surface area contributed by atoms with Crippen molar-refractivity contribution in [3.05, 3.63) is 10.7 Å². The van der Waals surface area contributed by atoms with Gasteiger partial charge in [0.15, 0.2) is 0 Å². The van der Waals surface area contributed by atoms with Gasteiger partial charge in [0.1, 0.15) is 0 Å². The van der Waals surface area contributed by atoms with Crippen LogP contribution in [0, 0.1) is 0 Å². The first-order valence-corrected chi connectivity index (χ1v) is 4.26. The topological polar surface area (TPSA) is 0 Å². The summed E-state index contributed by atoms with van der Waals surface area (Å²) in [5.41, 5.74) is 1.91. The molecule has 0 aliphatic rings. The van der Waals surface area contributed by atoms with Crippen molar-refractivity contribution in [1.82, 2.24) is 0 Å². The second-order valence-corrected chi connectivity index (χ2v) is 2.27. The van der Waals surface area contributed by atoms with Crippen LogP contribution in [0.3, 0.4) is 0 Å². The first-order valence-electron chi connectivity index (χ1n) is 1.06. The van der Waals surface area contributed by atoms with E-state index in [-0.39, 0.29) is 0 Å². The van der Waals surface area contributed by atoms with Gasteiger partial charge in [-0.1, -0.05) is 0 Å². The molecule has 0 saturated heterocycles. The van der Waals surface area contributed by atoms with E-state index in [4.69, 9.17) is 0 Å². The van der Waals surface area contributed by atoms with E-state index < -0.39 is 0 Å². The minimum atomic E-state index is 0.529. The Morgan fingerprint density at radius 1 is 1.80 bits per heavy atom. The second kappa shape index (κ2) is 4.70. The molecule has 0 aromatic carbocycles. The van der Waals surface area contributed by atoms with Gasteiger partial charge in [0, 0.05) is 0 Å². The summed E-state index contributed by atoms with van der Waals surface area (Å²) in [6.45, 7) is 0. The van der Waals surface area contributed by atoms with E-state index in [0.717, 1.165) is 0 Å². The molecule has 5 heavy (non-hydrogen) atoms. The van der Waals surface area contributed by atoms with Crippen molar-refractivity contribution < 1.29 is 0 Å². The molecule has 0 aromatic heterocycles. The molecule has 0 aliphatic carbocycles. The van der Waals surface area contributed by atoms with Crippen molar-refractivity contribution in [3.63, 3.8) is 0 Å². The molecule has 0 bridgehead atoms. The second-order valence-electron chi connectivity index (χ2n) is 0.421. The standard InChI is InChI=1S/C2H2SSeSi/c3-5-2-1-4/h1-2H/b2-1+. The van der Waals surface area contributed by atoms with Gasteiger partial charge in [-0.25, -0.2) is 0 Å². The van der Waals surface area contributed by atoms with Gasteiger partial charge < -0.3 is 0 Å². The summed E-state index contributed by atoms with van der Waals surface area (Å²) < 4.78 is 0. The molecule has 0 nitrogen and oxygen atoms in total. The molecule has 0 amide bonds. The van der Waals surface area contributed by atoms with Crippen LogP contribution in [-0.4, -0.2) is 24.2 Å². The van der Waals surface area contributed by atoms with Crippen molar-refractivity contribution in [2.24, 2.45) is 0 Å². The van der Waals surface area contributed by atoms with Gasteiger partial charge in [-0.15, -0.1) is 0 Å². The molecule has 3 heteroatoms. The van der Waals surface area contributed by atoms with Gasteiger partial charge in [-0.2, -0.15) is 0 Å². The van der Waals surface area contributed by atoms with Gasteiger partial charge in [-0.3, -0.25) is 0 Å². The third-order valence-electron chi connectivity index (χ3n) is 0.136. The molecule has 0 aliphatic heterocycles. The number of rotatable bonds is 1. The van der Waals surface area contributed by atoms with Gasteiger partial charge in [-0.05, 0) is 0 Å². The Morgan fingerprint density at radius 3 is 2.40 bits per heavy atom. The predicted molar refractivity (Wildman–Crippen MR) is 28.2 cm³/mol. The zero-order chi connectivity index (χ0) is 4.12. The molecule has 0 N–H and O–H groups in total. The monoisotopic (exact) mass is 166 g/mol. The fraction of sp³-hybridized carbons (Fsp3) is 0. The van der Waals surface area contributed by atoms with E-state index in [1.165, 1.54) is 0 Å². The Kier molecular flexibility index (Phi) is 5.35.